The number of nitrogens with zero attached hydrogens (tertiary/aromatic N) is 1. The molecule has 0 aliphatic heterocycles. The molecular weight excluding hydrogens is 610 g/mol. The van der Waals surface area contributed by atoms with Gasteiger partial charge in [0.2, 0.25) is 11.8 Å². The van der Waals surface area contributed by atoms with Crippen LogP contribution in [0.15, 0.2) is 97.6 Å². The number of esters is 1. The number of benzene rings is 3. The Morgan fingerprint density at radius 2 is 1.27 bits per heavy atom. The molecule has 3 aromatic carbocycles. The van der Waals surface area contributed by atoms with Crippen LogP contribution >= 0.6 is 0 Å². The summed E-state index contributed by atoms with van der Waals surface area (Å²) in [6, 6.07) is 20.7. The molecule has 3 atom stereocenters. The number of amides is 3. The second kappa shape index (κ2) is 16.6. The zero-order valence-electron chi connectivity index (χ0n) is 28.6. The molecular formula is C38H47N3O7. The topological polar surface area (TPSA) is 134 Å². The van der Waals surface area contributed by atoms with Crippen molar-refractivity contribution in [2.45, 2.75) is 83.7 Å². The molecule has 0 spiro atoms. The van der Waals surface area contributed by atoms with Crippen molar-refractivity contribution in [2.75, 3.05) is 6.54 Å². The van der Waals surface area contributed by atoms with E-state index in [0.717, 1.165) is 5.56 Å². The summed E-state index contributed by atoms with van der Waals surface area (Å²) in [6.45, 7) is 14.1. The number of aromatic hydroxyl groups is 1. The number of hydrogen-bond acceptors (Lipinski definition) is 7. The average molecular weight is 658 g/mol. The van der Waals surface area contributed by atoms with Crippen LogP contribution < -0.4 is 10.6 Å². The predicted molar refractivity (Wildman–Crippen MR) is 184 cm³/mol. The lowest BCUT2D eigenvalue weighted by Gasteiger charge is -2.35. The number of alkyl carbamates (subject to hydrolysis) is 1. The van der Waals surface area contributed by atoms with Crippen molar-refractivity contribution < 1.29 is 33.8 Å². The lowest BCUT2D eigenvalue weighted by Crippen LogP contribution is -2.55. The molecule has 0 bridgehead atoms. The zero-order valence-corrected chi connectivity index (χ0v) is 28.6. The first kappa shape index (κ1) is 37.3. The van der Waals surface area contributed by atoms with Crippen molar-refractivity contribution in [3.05, 3.63) is 114 Å². The fourth-order valence-electron chi connectivity index (χ4n) is 4.95. The van der Waals surface area contributed by atoms with E-state index in [4.69, 9.17) is 9.47 Å². The normalized spacial score (nSPS) is 13.3. The number of nitrogens with one attached hydrogen (secondary N) is 2. The molecule has 0 saturated heterocycles. The van der Waals surface area contributed by atoms with Gasteiger partial charge in [0, 0.05) is 19.4 Å². The Kier molecular flexibility index (Phi) is 12.9. The van der Waals surface area contributed by atoms with E-state index >= 15 is 0 Å². The van der Waals surface area contributed by atoms with Crippen molar-refractivity contribution in [1.82, 2.24) is 15.5 Å². The van der Waals surface area contributed by atoms with Crippen molar-refractivity contribution in [1.29, 1.82) is 0 Å². The van der Waals surface area contributed by atoms with Crippen molar-refractivity contribution >= 4 is 23.9 Å². The van der Waals surface area contributed by atoms with Crippen LogP contribution in [0.4, 0.5) is 4.79 Å². The van der Waals surface area contributed by atoms with Gasteiger partial charge in [0.1, 0.15) is 35.1 Å². The lowest BCUT2D eigenvalue weighted by molar-refractivity contribution is -0.159. The molecule has 256 valence electrons. The Bertz CT molecular complexity index is 1530. The third kappa shape index (κ3) is 11.9. The fraction of sp³-hybridized carbons (Fsp3) is 0.368. The van der Waals surface area contributed by atoms with E-state index in [1.807, 2.05) is 30.3 Å². The summed E-state index contributed by atoms with van der Waals surface area (Å²) in [5.41, 5.74) is 0.288. The third-order valence-electron chi connectivity index (χ3n) is 6.94. The molecule has 10 heteroatoms. The van der Waals surface area contributed by atoms with Gasteiger partial charge in [0.05, 0.1) is 0 Å². The monoisotopic (exact) mass is 657 g/mol. The van der Waals surface area contributed by atoms with E-state index in [1.165, 1.54) is 23.1 Å². The summed E-state index contributed by atoms with van der Waals surface area (Å²) in [4.78, 5) is 56.6. The van der Waals surface area contributed by atoms with Gasteiger partial charge in [-0.05, 0) is 70.4 Å². The minimum Gasteiger partial charge on any atom is -0.508 e. The lowest BCUT2D eigenvalue weighted by atomic mass is 9.99. The van der Waals surface area contributed by atoms with Gasteiger partial charge in [0.25, 0.3) is 0 Å². The quantitative estimate of drug-likeness (QED) is 0.160. The Morgan fingerprint density at radius 1 is 0.750 bits per heavy atom. The second-order valence-corrected chi connectivity index (χ2v) is 13.4. The minimum absolute atomic E-state index is 0.0314. The largest absolute Gasteiger partial charge is 0.508 e. The Labute approximate surface area is 283 Å². The molecule has 3 aromatic rings. The van der Waals surface area contributed by atoms with Gasteiger partial charge in [0.15, 0.2) is 0 Å². The number of carbonyl (C=O) groups excluding carboxylic acids is 4. The van der Waals surface area contributed by atoms with Crippen LogP contribution in [0.2, 0.25) is 0 Å². The summed E-state index contributed by atoms with van der Waals surface area (Å²) in [6.07, 6.45) is 0.861. The van der Waals surface area contributed by atoms with Gasteiger partial charge in [-0.2, -0.15) is 0 Å². The van der Waals surface area contributed by atoms with Crippen LogP contribution in [0.25, 0.3) is 0 Å². The molecule has 3 N–H and O–H groups in total. The summed E-state index contributed by atoms with van der Waals surface area (Å²) >= 11 is 0. The van der Waals surface area contributed by atoms with E-state index in [1.54, 1.807) is 84.0 Å². The SMILES string of the molecule is C=CCN(C(=O)C(Cc1ccc(O)cc1)NC(=O)OC(C)(C)C)C(C(=O)NC(Cc1ccccc1)C(=O)OC(C)(C)C)c1ccccc1. The molecule has 0 fully saturated rings. The van der Waals surface area contributed by atoms with E-state index in [9.17, 15) is 24.3 Å². The van der Waals surface area contributed by atoms with Crippen molar-refractivity contribution in [3.8, 4) is 5.75 Å². The van der Waals surface area contributed by atoms with E-state index < -0.39 is 53.2 Å². The Balaban J connectivity index is 2.05. The first-order valence-electron chi connectivity index (χ1n) is 15.9. The molecule has 0 saturated carbocycles. The predicted octanol–water partition coefficient (Wildman–Crippen LogP) is 5.65. The summed E-state index contributed by atoms with van der Waals surface area (Å²) < 4.78 is 11.2. The molecule has 10 nitrogen and oxygen atoms in total. The highest BCUT2D eigenvalue weighted by Crippen LogP contribution is 2.25. The molecule has 3 rings (SSSR count). The number of carbonyl (C=O) groups is 4. The highest BCUT2D eigenvalue weighted by Gasteiger charge is 2.38. The average Bonchev–Trinajstić information content (AvgIpc) is 3.00. The number of rotatable bonds is 13. The molecule has 3 unspecified atom stereocenters. The van der Waals surface area contributed by atoms with E-state index in [0.29, 0.717) is 11.1 Å². The molecule has 3 amide bonds. The van der Waals surface area contributed by atoms with Crippen LogP contribution in [-0.4, -0.2) is 63.7 Å². The molecule has 0 aliphatic rings. The van der Waals surface area contributed by atoms with Gasteiger partial charge >= 0.3 is 12.1 Å². The second-order valence-electron chi connectivity index (χ2n) is 13.4. The minimum atomic E-state index is -1.22. The first-order chi connectivity index (χ1) is 22.6. The van der Waals surface area contributed by atoms with Crippen LogP contribution in [0.5, 0.6) is 5.75 Å². The van der Waals surface area contributed by atoms with Gasteiger partial charge < -0.3 is 30.1 Å². The number of phenolic OH excluding ortho intramolecular Hbond substituents is 1. The molecule has 0 radical (unpaired) electrons. The summed E-state index contributed by atoms with van der Waals surface area (Å²) in [7, 11) is 0. The van der Waals surface area contributed by atoms with Gasteiger partial charge in [-0.1, -0.05) is 78.9 Å². The van der Waals surface area contributed by atoms with Gasteiger partial charge in [-0.15, -0.1) is 6.58 Å². The standard InChI is InChI=1S/C38H47N3O7/c1-8-23-41(34(44)30(40-36(46)48-38(5,6)7)24-27-19-21-29(42)22-20-27)32(28-17-13-10-14-18-28)33(43)39-31(35(45)47-37(2,3)4)25-26-15-11-9-12-16-26/h8-22,30-32,42H,1,23-25H2,2-7H3,(H,39,43)(H,40,46). The van der Waals surface area contributed by atoms with Crippen molar-refractivity contribution in [2.24, 2.45) is 0 Å². The maximum atomic E-state index is 14.5. The van der Waals surface area contributed by atoms with Crippen LogP contribution in [0, 0.1) is 0 Å². The number of ether oxygens (including phenoxy) is 2. The maximum Gasteiger partial charge on any atom is 0.408 e. The fourth-order valence-corrected chi connectivity index (χ4v) is 4.95. The molecule has 0 aliphatic carbocycles. The smallest absolute Gasteiger partial charge is 0.408 e. The van der Waals surface area contributed by atoms with Gasteiger partial charge in [-0.3, -0.25) is 9.59 Å². The van der Waals surface area contributed by atoms with Crippen LogP contribution in [0.3, 0.4) is 0 Å². The summed E-state index contributed by atoms with van der Waals surface area (Å²) in [5.74, 6) is -1.78. The van der Waals surface area contributed by atoms with E-state index in [-0.39, 0.29) is 25.1 Å². The number of hydrogen-bond donors (Lipinski definition) is 3. The third-order valence-corrected chi connectivity index (χ3v) is 6.94. The van der Waals surface area contributed by atoms with Crippen LogP contribution in [-0.2, 0) is 36.7 Å². The number of phenols is 1. The molecule has 0 aromatic heterocycles. The maximum absolute atomic E-state index is 14.5. The summed E-state index contributed by atoms with van der Waals surface area (Å²) in [5, 5.41) is 15.4. The Hall–Kier alpha value is -5.12. The van der Waals surface area contributed by atoms with Gasteiger partial charge in [-0.25, -0.2) is 9.59 Å². The highest BCUT2D eigenvalue weighted by molar-refractivity contribution is 5.94. The first-order valence-corrected chi connectivity index (χ1v) is 15.9. The Morgan fingerprint density at radius 3 is 1.81 bits per heavy atom. The van der Waals surface area contributed by atoms with E-state index in [2.05, 4.69) is 17.2 Å². The molecule has 0 heterocycles. The zero-order chi connectivity index (χ0) is 35.5. The van der Waals surface area contributed by atoms with Crippen molar-refractivity contribution in [3.63, 3.8) is 0 Å². The van der Waals surface area contributed by atoms with Crippen LogP contribution in [0.1, 0.15) is 64.3 Å². The molecule has 48 heavy (non-hydrogen) atoms. The highest BCUT2D eigenvalue weighted by atomic mass is 16.6.